The first-order chi connectivity index (χ1) is 13.1. The predicted molar refractivity (Wildman–Crippen MR) is 140 cm³/mol. The highest BCUT2D eigenvalue weighted by molar-refractivity contribution is 5.62. The molecule has 0 bridgehead atoms. The van der Waals surface area contributed by atoms with Crippen molar-refractivity contribution in [1.29, 1.82) is 0 Å². The van der Waals surface area contributed by atoms with E-state index < -0.39 is 0 Å². The Kier molecular flexibility index (Phi) is 10.2. The van der Waals surface area contributed by atoms with Gasteiger partial charge < -0.3 is 4.90 Å². The van der Waals surface area contributed by atoms with Crippen molar-refractivity contribution in [2.45, 2.75) is 128 Å². The van der Waals surface area contributed by atoms with Gasteiger partial charge in [-0.1, -0.05) is 103 Å². The van der Waals surface area contributed by atoms with Crippen molar-refractivity contribution < 1.29 is 0 Å². The van der Waals surface area contributed by atoms with Crippen LogP contribution in [-0.4, -0.2) is 13.1 Å². The molecular formula is C29H55N. The smallest absolute Gasteiger partial charge is 0.0409 e. The fourth-order valence-electron chi connectivity index (χ4n) is 3.38. The van der Waals surface area contributed by atoms with Crippen LogP contribution in [0.3, 0.4) is 0 Å². The minimum atomic E-state index is 0.207. The molecular weight excluding hydrogens is 362 g/mol. The van der Waals surface area contributed by atoms with Gasteiger partial charge >= 0.3 is 0 Å². The molecule has 176 valence electrons. The van der Waals surface area contributed by atoms with Crippen LogP contribution in [0.4, 0.5) is 5.69 Å². The van der Waals surface area contributed by atoms with E-state index in [1.165, 1.54) is 48.3 Å². The summed E-state index contributed by atoms with van der Waals surface area (Å²) in [6, 6.07) is 4.86. The number of aryl methyl sites for hydroxylation is 1. The lowest BCUT2D eigenvalue weighted by molar-refractivity contribution is 0.469. The zero-order valence-electron chi connectivity index (χ0n) is 23.4. The molecule has 0 saturated carbocycles. The molecule has 0 aliphatic carbocycles. The lowest BCUT2D eigenvalue weighted by Gasteiger charge is -2.33. The highest BCUT2D eigenvalue weighted by Gasteiger charge is 2.27. The van der Waals surface area contributed by atoms with Gasteiger partial charge in [0.15, 0.2) is 0 Å². The third kappa shape index (κ3) is 12.7. The van der Waals surface area contributed by atoms with Gasteiger partial charge in [0.05, 0.1) is 0 Å². The fraction of sp³-hybridized carbons (Fsp3) is 0.793. The minimum Gasteiger partial charge on any atom is -0.371 e. The molecule has 1 heterocycles. The molecule has 0 radical (unpaired) electrons. The molecule has 0 unspecified atom stereocenters. The minimum absolute atomic E-state index is 0.207. The van der Waals surface area contributed by atoms with Crippen molar-refractivity contribution >= 4 is 5.69 Å². The second-order valence-corrected chi connectivity index (χ2v) is 14.4. The van der Waals surface area contributed by atoms with Crippen LogP contribution in [-0.2, 0) is 10.8 Å². The Labute approximate surface area is 191 Å². The number of hydrogen-bond donors (Lipinski definition) is 0. The van der Waals surface area contributed by atoms with E-state index in [0.29, 0.717) is 10.8 Å². The largest absolute Gasteiger partial charge is 0.371 e. The second-order valence-electron chi connectivity index (χ2n) is 14.4. The molecule has 0 atom stereocenters. The molecule has 0 N–H and O–H groups in total. The van der Waals surface area contributed by atoms with Gasteiger partial charge in [-0.25, -0.2) is 0 Å². The van der Waals surface area contributed by atoms with Crippen LogP contribution in [0.1, 0.15) is 126 Å². The van der Waals surface area contributed by atoms with Crippen molar-refractivity contribution in [2.75, 3.05) is 18.0 Å². The monoisotopic (exact) mass is 417 g/mol. The number of hydrogen-bond acceptors (Lipinski definition) is 1. The molecule has 1 fully saturated rings. The molecule has 1 nitrogen and oxygen atoms in total. The molecule has 30 heavy (non-hydrogen) atoms. The Morgan fingerprint density at radius 3 is 1.27 bits per heavy atom. The summed E-state index contributed by atoms with van der Waals surface area (Å²) < 4.78 is 0. The van der Waals surface area contributed by atoms with Crippen LogP contribution >= 0.6 is 0 Å². The molecule has 0 amide bonds. The van der Waals surface area contributed by atoms with Gasteiger partial charge in [0.2, 0.25) is 0 Å². The highest BCUT2D eigenvalue weighted by atomic mass is 15.1. The summed E-state index contributed by atoms with van der Waals surface area (Å²) in [4.78, 5) is 2.60. The second kappa shape index (κ2) is 10.6. The van der Waals surface area contributed by atoms with Gasteiger partial charge in [-0.05, 0) is 64.2 Å². The molecule has 2 rings (SSSR count). The van der Waals surface area contributed by atoms with E-state index in [1.54, 1.807) is 0 Å². The first-order valence-electron chi connectivity index (χ1n) is 12.0. The summed E-state index contributed by atoms with van der Waals surface area (Å²) in [6.07, 6.45) is 2.67. The lowest BCUT2D eigenvalue weighted by Crippen LogP contribution is -2.26. The molecule has 0 aromatic heterocycles. The zero-order valence-corrected chi connectivity index (χ0v) is 23.4. The molecule has 1 saturated heterocycles. The number of nitrogens with zero attached hydrogens (tertiary/aromatic N) is 1. The molecule has 1 aliphatic rings. The summed E-state index contributed by atoms with van der Waals surface area (Å²) in [5.41, 5.74) is 7.36. The predicted octanol–water partition coefficient (Wildman–Crippen LogP) is 9.30. The van der Waals surface area contributed by atoms with Crippen LogP contribution in [0.25, 0.3) is 0 Å². The standard InChI is InChI=1S/C19H31N.2C5H12/c1-14-12-15(18(2,3)4)13-16(17(14)19(5,6)7)20-10-8-9-11-20;2*1-5(2,3)4/h12-13H,8-11H2,1-7H3;2*1-4H3. The third-order valence-electron chi connectivity index (χ3n) is 4.38. The number of benzene rings is 1. The van der Waals surface area contributed by atoms with Gasteiger partial charge in [-0.3, -0.25) is 0 Å². The van der Waals surface area contributed by atoms with Crippen LogP contribution in [0.5, 0.6) is 0 Å². The van der Waals surface area contributed by atoms with E-state index >= 15 is 0 Å². The van der Waals surface area contributed by atoms with Crippen molar-refractivity contribution in [3.8, 4) is 0 Å². The van der Waals surface area contributed by atoms with Gasteiger partial charge in [0.25, 0.3) is 0 Å². The Balaban J connectivity index is 0.000000702. The quantitative estimate of drug-likeness (QED) is 0.440. The van der Waals surface area contributed by atoms with E-state index in [2.05, 4.69) is 121 Å². The fourth-order valence-corrected chi connectivity index (χ4v) is 3.38. The molecule has 1 aromatic rings. The van der Waals surface area contributed by atoms with Gasteiger partial charge in [-0.15, -0.1) is 0 Å². The van der Waals surface area contributed by atoms with Crippen molar-refractivity contribution in [3.05, 3.63) is 28.8 Å². The van der Waals surface area contributed by atoms with Crippen LogP contribution in [0.2, 0.25) is 0 Å². The summed E-state index contributed by atoms with van der Waals surface area (Å²) in [7, 11) is 0. The van der Waals surface area contributed by atoms with Gasteiger partial charge in [0, 0.05) is 18.8 Å². The van der Waals surface area contributed by atoms with Crippen molar-refractivity contribution in [1.82, 2.24) is 0 Å². The molecule has 1 aliphatic heterocycles. The van der Waals surface area contributed by atoms with E-state index in [0.717, 1.165) is 0 Å². The SMILES string of the molecule is CC(C)(C)C.CC(C)(C)C.Cc1cc(C(C)(C)C)cc(N2CCCC2)c1C(C)(C)C. The Morgan fingerprint density at radius 1 is 0.600 bits per heavy atom. The summed E-state index contributed by atoms with van der Waals surface area (Å²) in [5.74, 6) is 0. The topological polar surface area (TPSA) is 3.24 Å². The van der Waals surface area contributed by atoms with E-state index in [1.807, 2.05) is 0 Å². The zero-order chi connectivity index (χ0) is 24.1. The third-order valence-corrected chi connectivity index (χ3v) is 4.38. The first-order valence-corrected chi connectivity index (χ1v) is 12.0. The van der Waals surface area contributed by atoms with Crippen LogP contribution < -0.4 is 4.90 Å². The Hall–Kier alpha value is -0.980. The van der Waals surface area contributed by atoms with Crippen LogP contribution in [0, 0.1) is 17.8 Å². The molecule has 0 spiro atoms. The van der Waals surface area contributed by atoms with Crippen molar-refractivity contribution in [3.63, 3.8) is 0 Å². The van der Waals surface area contributed by atoms with E-state index in [4.69, 9.17) is 0 Å². The summed E-state index contributed by atoms with van der Waals surface area (Å²) >= 11 is 0. The Bertz CT molecular complexity index is 609. The molecule has 1 aromatic carbocycles. The average Bonchev–Trinajstić information content (AvgIpc) is 2.94. The van der Waals surface area contributed by atoms with E-state index in [-0.39, 0.29) is 10.8 Å². The Morgan fingerprint density at radius 2 is 0.967 bits per heavy atom. The normalized spacial score (nSPS) is 15.2. The highest BCUT2D eigenvalue weighted by Crippen LogP contribution is 2.39. The van der Waals surface area contributed by atoms with Gasteiger partial charge in [0.1, 0.15) is 0 Å². The first kappa shape index (κ1) is 29.0. The summed E-state index contributed by atoms with van der Waals surface area (Å²) in [6.45, 7) is 36.2. The maximum absolute atomic E-state index is 2.60. The van der Waals surface area contributed by atoms with Crippen molar-refractivity contribution in [2.24, 2.45) is 10.8 Å². The van der Waals surface area contributed by atoms with Crippen LogP contribution in [0.15, 0.2) is 12.1 Å². The maximum atomic E-state index is 2.60. The lowest BCUT2D eigenvalue weighted by atomic mass is 9.78. The maximum Gasteiger partial charge on any atom is 0.0409 e. The van der Waals surface area contributed by atoms with Gasteiger partial charge in [-0.2, -0.15) is 0 Å². The van der Waals surface area contributed by atoms with E-state index in [9.17, 15) is 0 Å². The average molecular weight is 418 g/mol. The number of anilines is 1. The molecule has 1 heteroatoms. The number of rotatable bonds is 1. The summed E-state index contributed by atoms with van der Waals surface area (Å²) in [5, 5.41) is 0.